The molecule has 16 heavy (non-hydrogen) atoms. The summed E-state index contributed by atoms with van der Waals surface area (Å²) in [4.78, 5) is 0. The molecule has 0 unspecified atom stereocenters. The minimum Gasteiger partial charge on any atom is -0.384 e. The molecule has 1 heterocycles. The van der Waals surface area contributed by atoms with E-state index < -0.39 is 0 Å². The largest absolute Gasteiger partial charge is 0.384 e. The maximum Gasteiger partial charge on any atom is 0.0409 e. The van der Waals surface area contributed by atoms with Gasteiger partial charge in [-0.25, -0.2) is 0 Å². The molecule has 0 fully saturated rings. The minimum atomic E-state index is 1.02. The van der Waals surface area contributed by atoms with E-state index >= 15 is 0 Å². The van der Waals surface area contributed by atoms with Gasteiger partial charge in [0, 0.05) is 12.2 Å². The zero-order chi connectivity index (χ0) is 10.8. The number of rotatable bonds is 2. The van der Waals surface area contributed by atoms with Crippen LogP contribution < -0.4 is 5.32 Å². The van der Waals surface area contributed by atoms with Crippen LogP contribution in [0.5, 0.6) is 0 Å². The molecular formula is C15H15N. The van der Waals surface area contributed by atoms with Crippen molar-refractivity contribution in [1.82, 2.24) is 0 Å². The van der Waals surface area contributed by atoms with Crippen LogP contribution in [0.3, 0.4) is 0 Å². The molecule has 3 rings (SSSR count). The van der Waals surface area contributed by atoms with Gasteiger partial charge in [-0.2, -0.15) is 0 Å². The Bertz CT molecular complexity index is 488. The van der Waals surface area contributed by atoms with Crippen LogP contribution in [0.2, 0.25) is 0 Å². The van der Waals surface area contributed by atoms with Gasteiger partial charge in [-0.15, -0.1) is 0 Å². The Morgan fingerprint density at radius 3 is 2.69 bits per heavy atom. The lowest BCUT2D eigenvalue weighted by molar-refractivity contribution is 1.11. The molecule has 0 spiro atoms. The van der Waals surface area contributed by atoms with Crippen LogP contribution in [-0.2, 0) is 12.8 Å². The summed E-state index contributed by atoms with van der Waals surface area (Å²) in [5.41, 5.74) is 5.63. The van der Waals surface area contributed by atoms with Gasteiger partial charge in [0.2, 0.25) is 0 Å². The summed E-state index contributed by atoms with van der Waals surface area (Å²) >= 11 is 0. The molecule has 2 aromatic carbocycles. The van der Waals surface area contributed by atoms with Crippen LogP contribution in [0.15, 0.2) is 48.5 Å². The Morgan fingerprint density at radius 2 is 1.81 bits per heavy atom. The highest BCUT2D eigenvalue weighted by molar-refractivity contribution is 5.62. The van der Waals surface area contributed by atoms with E-state index in [2.05, 4.69) is 53.8 Å². The first-order chi connectivity index (χ1) is 7.93. The van der Waals surface area contributed by atoms with Crippen molar-refractivity contribution in [3.8, 4) is 0 Å². The lowest BCUT2D eigenvalue weighted by atomic mass is 10.0. The van der Waals surface area contributed by atoms with Crippen molar-refractivity contribution >= 4 is 5.69 Å². The number of nitrogens with one attached hydrogen (secondary N) is 1. The maximum atomic E-state index is 3.49. The van der Waals surface area contributed by atoms with Crippen LogP contribution >= 0.6 is 0 Å². The Balaban J connectivity index is 1.94. The van der Waals surface area contributed by atoms with E-state index in [4.69, 9.17) is 0 Å². The van der Waals surface area contributed by atoms with E-state index in [1.165, 1.54) is 22.4 Å². The van der Waals surface area contributed by atoms with E-state index in [1.807, 2.05) is 0 Å². The molecule has 1 nitrogen and oxygen atoms in total. The van der Waals surface area contributed by atoms with Crippen LogP contribution in [0.1, 0.15) is 16.7 Å². The Kier molecular flexibility index (Phi) is 2.37. The quantitative estimate of drug-likeness (QED) is 0.800. The molecule has 1 aliphatic heterocycles. The number of benzene rings is 2. The summed E-state index contributed by atoms with van der Waals surface area (Å²) in [5, 5.41) is 3.49. The predicted octanol–water partition coefficient (Wildman–Crippen LogP) is 3.25. The van der Waals surface area contributed by atoms with Gasteiger partial charge in [0.15, 0.2) is 0 Å². The minimum absolute atomic E-state index is 1.02. The summed E-state index contributed by atoms with van der Waals surface area (Å²) < 4.78 is 0. The Labute approximate surface area is 96.1 Å². The van der Waals surface area contributed by atoms with Gasteiger partial charge < -0.3 is 5.32 Å². The molecule has 0 radical (unpaired) electrons. The fourth-order valence-electron chi connectivity index (χ4n) is 2.37. The molecule has 0 saturated carbocycles. The lowest BCUT2D eigenvalue weighted by Crippen LogP contribution is -1.96. The molecule has 0 amide bonds. The first-order valence-corrected chi connectivity index (χ1v) is 5.82. The predicted molar refractivity (Wildman–Crippen MR) is 67.9 cm³/mol. The molecule has 0 saturated heterocycles. The smallest absolute Gasteiger partial charge is 0.0409 e. The summed E-state index contributed by atoms with van der Waals surface area (Å²) in [6.07, 6.45) is 2.19. The van der Waals surface area contributed by atoms with Crippen molar-refractivity contribution in [3.05, 3.63) is 65.2 Å². The number of hydrogen-bond acceptors (Lipinski definition) is 1. The van der Waals surface area contributed by atoms with Crippen molar-refractivity contribution in [2.75, 3.05) is 11.9 Å². The zero-order valence-electron chi connectivity index (χ0n) is 9.24. The number of hydrogen-bond donors (Lipinski definition) is 1. The second kappa shape index (κ2) is 4.01. The van der Waals surface area contributed by atoms with Crippen molar-refractivity contribution < 1.29 is 0 Å². The third kappa shape index (κ3) is 1.69. The molecular weight excluding hydrogens is 194 g/mol. The molecule has 1 aliphatic rings. The van der Waals surface area contributed by atoms with Gasteiger partial charge >= 0.3 is 0 Å². The van der Waals surface area contributed by atoms with Gasteiger partial charge in [0.25, 0.3) is 0 Å². The van der Waals surface area contributed by atoms with Crippen LogP contribution in [0.25, 0.3) is 0 Å². The molecule has 0 aromatic heterocycles. The second-order valence-electron chi connectivity index (χ2n) is 4.29. The first kappa shape index (κ1) is 9.46. The molecule has 0 atom stereocenters. The third-order valence-corrected chi connectivity index (χ3v) is 3.17. The average molecular weight is 209 g/mol. The average Bonchev–Trinajstić information content (AvgIpc) is 2.80. The number of anilines is 1. The van der Waals surface area contributed by atoms with E-state index in [1.54, 1.807) is 0 Å². The summed E-state index contributed by atoms with van der Waals surface area (Å²) in [5.74, 6) is 0. The second-order valence-corrected chi connectivity index (χ2v) is 4.29. The summed E-state index contributed by atoms with van der Waals surface area (Å²) in [7, 11) is 0. The standard InChI is InChI=1S/C15H15N/c1-2-5-12(6-3-1)11-14-8-4-7-13-9-10-16-15(13)14/h1-8,16H,9-11H2. The van der Waals surface area contributed by atoms with Crippen LogP contribution in [0, 0.1) is 0 Å². The highest BCUT2D eigenvalue weighted by Crippen LogP contribution is 2.27. The molecule has 2 aromatic rings. The van der Waals surface area contributed by atoms with E-state index in [-0.39, 0.29) is 0 Å². The fourth-order valence-corrected chi connectivity index (χ4v) is 2.37. The fraction of sp³-hybridized carbons (Fsp3) is 0.200. The van der Waals surface area contributed by atoms with Crippen molar-refractivity contribution in [2.45, 2.75) is 12.8 Å². The van der Waals surface area contributed by atoms with Crippen molar-refractivity contribution in [1.29, 1.82) is 0 Å². The van der Waals surface area contributed by atoms with Gasteiger partial charge in [-0.05, 0) is 29.5 Å². The lowest BCUT2D eigenvalue weighted by Gasteiger charge is -2.08. The van der Waals surface area contributed by atoms with Gasteiger partial charge in [-0.3, -0.25) is 0 Å². The highest BCUT2D eigenvalue weighted by atomic mass is 14.9. The van der Waals surface area contributed by atoms with E-state index in [0.717, 1.165) is 19.4 Å². The zero-order valence-corrected chi connectivity index (χ0v) is 9.24. The van der Waals surface area contributed by atoms with E-state index in [9.17, 15) is 0 Å². The third-order valence-electron chi connectivity index (χ3n) is 3.17. The topological polar surface area (TPSA) is 12.0 Å². The van der Waals surface area contributed by atoms with Crippen LogP contribution in [0.4, 0.5) is 5.69 Å². The number of fused-ring (bicyclic) bond motifs is 1. The molecule has 0 aliphatic carbocycles. The van der Waals surface area contributed by atoms with Crippen molar-refractivity contribution in [2.24, 2.45) is 0 Å². The molecule has 80 valence electrons. The summed E-state index contributed by atoms with van der Waals surface area (Å²) in [6, 6.07) is 17.3. The molecule has 1 heteroatoms. The summed E-state index contributed by atoms with van der Waals surface area (Å²) in [6.45, 7) is 1.08. The maximum absolute atomic E-state index is 3.49. The molecule has 1 N–H and O–H groups in total. The van der Waals surface area contributed by atoms with E-state index in [0.29, 0.717) is 0 Å². The van der Waals surface area contributed by atoms with Crippen molar-refractivity contribution in [3.63, 3.8) is 0 Å². The van der Waals surface area contributed by atoms with Gasteiger partial charge in [0.05, 0.1) is 0 Å². The SMILES string of the molecule is c1ccc(Cc2cccc3c2NCC3)cc1. The monoisotopic (exact) mass is 209 g/mol. The molecule has 0 bridgehead atoms. The number of para-hydroxylation sites is 1. The first-order valence-electron chi connectivity index (χ1n) is 5.82. The Morgan fingerprint density at radius 1 is 0.938 bits per heavy atom. The highest BCUT2D eigenvalue weighted by Gasteiger charge is 2.13. The van der Waals surface area contributed by atoms with Gasteiger partial charge in [0.1, 0.15) is 0 Å². The normalized spacial score (nSPS) is 13.2. The van der Waals surface area contributed by atoms with Gasteiger partial charge in [-0.1, -0.05) is 48.5 Å². The Hall–Kier alpha value is -1.76. The van der Waals surface area contributed by atoms with Crippen LogP contribution in [-0.4, -0.2) is 6.54 Å².